The highest BCUT2D eigenvalue weighted by molar-refractivity contribution is 5.94. The van der Waals surface area contributed by atoms with Crippen LogP contribution in [0.1, 0.15) is 33.3 Å². The molecule has 2 heteroatoms. The highest BCUT2D eigenvalue weighted by Gasteiger charge is 2.07. The van der Waals surface area contributed by atoms with Crippen LogP contribution in [0, 0.1) is 0 Å². The summed E-state index contributed by atoms with van der Waals surface area (Å²) in [6.07, 6.45) is 9.83. The summed E-state index contributed by atoms with van der Waals surface area (Å²) in [5, 5.41) is 2.73. The number of amides is 1. The molecule has 0 spiro atoms. The molecule has 1 rings (SSSR count). The lowest BCUT2D eigenvalue weighted by molar-refractivity contribution is -0.116. The van der Waals surface area contributed by atoms with Gasteiger partial charge in [-0.05, 0) is 62.1 Å². The summed E-state index contributed by atoms with van der Waals surface area (Å²) in [5.41, 5.74) is 5.40. The number of nitrogens with one attached hydrogen (secondary N) is 1. The molecular formula is C23H27NO. The molecule has 0 aromatic heterocycles. The minimum absolute atomic E-state index is 0.140. The predicted molar refractivity (Wildman–Crippen MR) is 109 cm³/mol. The van der Waals surface area contributed by atoms with Gasteiger partial charge in [-0.25, -0.2) is 0 Å². The van der Waals surface area contributed by atoms with E-state index in [-0.39, 0.29) is 5.91 Å². The molecule has 1 aromatic carbocycles. The van der Waals surface area contributed by atoms with Gasteiger partial charge in [-0.2, -0.15) is 0 Å². The van der Waals surface area contributed by atoms with E-state index in [0.717, 1.165) is 22.3 Å². The Kier molecular flexibility index (Phi) is 8.14. The number of allylic oxidation sites excluding steroid dienone is 9. The second-order valence-corrected chi connectivity index (χ2v) is 5.72. The average molecular weight is 333 g/mol. The molecule has 0 saturated heterocycles. The van der Waals surface area contributed by atoms with Crippen molar-refractivity contribution in [3.63, 3.8) is 0 Å². The summed E-state index contributed by atoms with van der Waals surface area (Å²) >= 11 is 0. The second-order valence-electron chi connectivity index (χ2n) is 5.72. The van der Waals surface area contributed by atoms with Gasteiger partial charge in [-0.15, -0.1) is 0 Å². The van der Waals surface area contributed by atoms with Gasteiger partial charge in [0, 0.05) is 11.3 Å². The van der Waals surface area contributed by atoms with Crippen molar-refractivity contribution in [2.45, 2.75) is 27.7 Å². The van der Waals surface area contributed by atoms with E-state index >= 15 is 0 Å². The lowest BCUT2D eigenvalue weighted by Crippen LogP contribution is -2.21. The van der Waals surface area contributed by atoms with Gasteiger partial charge >= 0.3 is 0 Å². The van der Waals surface area contributed by atoms with E-state index in [0.29, 0.717) is 11.3 Å². The van der Waals surface area contributed by atoms with Crippen LogP contribution >= 0.6 is 0 Å². The number of carbonyl (C=O) groups is 1. The predicted octanol–water partition coefficient (Wildman–Crippen LogP) is 5.74. The SMILES string of the molecule is C=C\C(=C/C(=C\C)C(=C\C)/C=C(\C)C(=O)NC(=C)C)c1ccccc1. The molecule has 0 bridgehead atoms. The summed E-state index contributed by atoms with van der Waals surface area (Å²) in [7, 11) is 0. The number of benzene rings is 1. The highest BCUT2D eigenvalue weighted by Crippen LogP contribution is 2.22. The van der Waals surface area contributed by atoms with Crippen LogP contribution in [-0.2, 0) is 4.79 Å². The Labute approximate surface area is 151 Å². The Bertz CT molecular complexity index is 759. The molecule has 0 heterocycles. The third kappa shape index (κ3) is 6.27. The van der Waals surface area contributed by atoms with Gasteiger partial charge in [0.15, 0.2) is 0 Å². The molecule has 1 amide bonds. The van der Waals surface area contributed by atoms with E-state index < -0.39 is 0 Å². The van der Waals surface area contributed by atoms with E-state index in [9.17, 15) is 4.79 Å². The first kappa shape index (κ1) is 20.2. The fourth-order valence-electron chi connectivity index (χ4n) is 2.32. The van der Waals surface area contributed by atoms with Crippen molar-refractivity contribution in [1.82, 2.24) is 5.32 Å². The van der Waals surface area contributed by atoms with Crippen LogP contribution in [0.3, 0.4) is 0 Å². The first-order valence-electron chi connectivity index (χ1n) is 8.30. The summed E-state index contributed by atoms with van der Waals surface area (Å²) in [6.45, 7) is 15.1. The number of carbonyl (C=O) groups excluding carboxylic acids is 1. The molecule has 0 aliphatic heterocycles. The van der Waals surface area contributed by atoms with Gasteiger partial charge in [0.1, 0.15) is 0 Å². The standard InChI is InChI=1S/C23H27NO/c1-7-19(15-18(6)23(25)24-17(4)5)20(8-2)16-21(9-3)22-13-11-10-12-14-22/h7-16H,3-4H2,1-2,5-6H3,(H,24,25)/b18-15+,19-7-,20-8+,21-16+. The molecule has 1 N–H and O–H groups in total. The molecule has 2 nitrogen and oxygen atoms in total. The zero-order valence-corrected chi connectivity index (χ0v) is 15.6. The fourth-order valence-corrected chi connectivity index (χ4v) is 2.32. The average Bonchev–Trinajstić information content (AvgIpc) is 2.61. The molecule has 25 heavy (non-hydrogen) atoms. The van der Waals surface area contributed by atoms with E-state index in [4.69, 9.17) is 0 Å². The normalized spacial score (nSPS) is 13.4. The lowest BCUT2D eigenvalue weighted by atomic mass is 9.97. The largest absolute Gasteiger partial charge is 0.327 e. The molecule has 130 valence electrons. The lowest BCUT2D eigenvalue weighted by Gasteiger charge is -2.09. The van der Waals surface area contributed by atoms with Crippen LogP contribution in [0.5, 0.6) is 0 Å². The Morgan fingerprint density at radius 2 is 1.56 bits per heavy atom. The first-order valence-corrected chi connectivity index (χ1v) is 8.30. The van der Waals surface area contributed by atoms with Gasteiger partial charge in [0.05, 0.1) is 0 Å². The minimum atomic E-state index is -0.140. The Morgan fingerprint density at radius 1 is 1.00 bits per heavy atom. The smallest absolute Gasteiger partial charge is 0.251 e. The van der Waals surface area contributed by atoms with Crippen molar-refractivity contribution in [2.24, 2.45) is 0 Å². The Hall–Kier alpha value is -2.87. The van der Waals surface area contributed by atoms with Crippen molar-refractivity contribution in [3.05, 3.63) is 102 Å². The van der Waals surface area contributed by atoms with Crippen LogP contribution in [0.15, 0.2) is 96.3 Å². The van der Waals surface area contributed by atoms with E-state index in [2.05, 4.69) is 36.7 Å². The maximum atomic E-state index is 12.1. The Morgan fingerprint density at radius 3 is 2.04 bits per heavy atom. The number of hydrogen-bond acceptors (Lipinski definition) is 1. The maximum Gasteiger partial charge on any atom is 0.251 e. The summed E-state index contributed by atoms with van der Waals surface area (Å²) in [4.78, 5) is 12.1. The molecule has 0 atom stereocenters. The van der Waals surface area contributed by atoms with Gasteiger partial charge in [-0.1, -0.05) is 61.7 Å². The molecule has 1 aromatic rings. The van der Waals surface area contributed by atoms with E-state index in [1.165, 1.54) is 0 Å². The highest BCUT2D eigenvalue weighted by atomic mass is 16.1. The van der Waals surface area contributed by atoms with Crippen LogP contribution in [0.25, 0.3) is 5.57 Å². The van der Waals surface area contributed by atoms with Crippen molar-refractivity contribution in [2.75, 3.05) is 0 Å². The van der Waals surface area contributed by atoms with Crippen LogP contribution in [-0.4, -0.2) is 5.91 Å². The molecule has 0 fully saturated rings. The first-order chi connectivity index (χ1) is 11.9. The topological polar surface area (TPSA) is 29.1 Å². The van der Waals surface area contributed by atoms with Gasteiger partial charge in [-0.3, -0.25) is 4.79 Å². The van der Waals surface area contributed by atoms with Crippen LogP contribution in [0.4, 0.5) is 0 Å². The molecule has 0 radical (unpaired) electrons. The number of hydrogen-bond donors (Lipinski definition) is 1. The number of rotatable bonds is 7. The summed E-state index contributed by atoms with van der Waals surface area (Å²) < 4.78 is 0. The van der Waals surface area contributed by atoms with Crippen molar-refractivity contribution in [3.8, 4) is 0 Å². The Balaban J connectivity index is 3.19. The molecule has 0 saturated carbocycles. The quantitative estimate of drug-likeness (QED) is 0.500. The summed E-state index contributed by atoms with van der Waals surface area (Å²) in [5.74, 6) is -0.140. The van der Waals surface area contributed by atoms with Crippen molar-refractivity contribution >= 4 is 11.5 Å². The molecule has 0 aliphatic carbocycles. The van der Waals surface area contributed by atoms with Crippen molar-refractivity contribution in [1.29, 1.82) is 0 Å². The minimum Gasteiger partial charge on any atom is -0.327 e. The third-order valence-electron chi connectivity index (χ3n) is 3.65. The molecule has 0 unspecified atom stereocenters. The van der Waals surface area contributed by atoms with Gasteiger partial charge in [0.25, 0.3) is 5.91 Å². The summed E-state index contributed by atoms with van der Waals surface area (Å²) in [6, 6.07) is 10.1. The zero-order chi connectivity index (χ0) is 18.8. The van der Waals surface area contributed by atoms with Gasteiger partial charge in [0.2, 0.25) is 0 Å². The third-order valence-corrected chi connectivity index (χ3v) is 3.65. The van der Waals surface area contributed by atoms with Crippen LogP contribution in [0.2, 0.25) is 0 Å². The van der Waals surface area contributed by atoms with Crippen molar-refractivity contribution < 1.29 is 4.79 Å². The van der Waals surface area contributed by atoms with Gasteiger partial charge < -0.3 is 5.32 Å². The molecular weight excluding hydrogens is 306 g/mol. The second kappa shape index (κ2) is 10.1. The molecule has 0 aliphatic rings. The van der Waals surface area contributed by atoms with Crippen LogP contribution < -0.4 is 5.32 Å². The monoisotopic (exact) mass is 333 g/mol. The van der Waals surface area contributed by atoms with E-state index in [1.807, 2.05) is 56.4 Å². The maximum absolute atomic E-state index is 12.1. The van der Waals surface area contributed by atoms with E-state index in [1.54, 1.807) is 13.8 Å². The fraction of sp³-hybridized carbons (Fsp3) is 0.174. The zero-order valence-electron chi connectivity index (χ0n) is 15.6.